The van der Waals surface area contributed by atoms with Gasteiger partial charge in [-0.2, -0.15) is 0 Å². The average Bonchev–Trinajstić information content (AvgIpc) is 3.32. The molecular weight excluding hydrogens is 441 g/mol. The van der Waals surface area contributed by atoms with Crippen LogP contribution in [-0.2, 0) is 4.74 Å². The van der Waals surface area contributed by atoms with Crippen molar-refractivity contribution in [1.82, 2.24) is 4.90 Å². The maximum Gasteiger partial charge on any atom is 0.291 e. The van der Waals surface area contributed by atoms with Crippen LogP contribution in [-0.4, -0.2) is 30.1 Å². The van der Waals surface area contributed by atoms with Gasteiger partial charge in [-0.25, -0.2) is 4.39 Å². The van der Waals surface area contributed by atoms with Gasteiger partial charge in [-0.3, -0.25) is 9.59 Å². The average molecular weight is 458 g/mol. The molecule has 0 bridgehead atoms. The molecule has 2 aliphatic rings. The number of amides is 1. The molecule has 2 aliphatic heterocycles. The third-order valence-electron chi connectivity index (χ3n) is 5.54. The Bertz CT molecular complexity index is 1170. The molecular formula is C22H17BrFNO4. The van der Waals surface area contributed by atoms with Gasteiger partial charge >= 0.3 is 0 Å². The summed E-state index contributed by atoms with van der Waals surface area (Å²) in [7, 11) is 0. The number of hydrogen-bond acceptors (Lipinski definition) is 4. The Kier molecular flexibility index (Phi) is 4.52. The van der Waals surface area contributed by atoms with Crippen LogP contribution in [0.15, 0.2) is 56.1 Å². The predicted octanol–water partition coefficient (Wildman–Crippen LogP) is 4.42. The fraction of sp³-hybridized carbons (Fsp3) is 0.273. The summed E-state index contributed by atoms with van der Waals surface area (Å²) in [6, 6.07) is 10.4. The van der Waals surface area contributed by atoms with Gasteiger partial charge in [0, 0.05) is 17.6 Å². The van der Waals surface area contributed by atoms with Crippen molar-refractivity contribution in [3.63, 3.8) is 0 Å². The molecule has 7 heteroatoms. The summed E-state index contributed by atoms with van der Waals surface area (Å²) in [6.45, 7) is 1.01. The van der Waals surface area contributed by atoms with Crippen LogP contribution >= 0.6 is 15.9 Å². The Balaban J connectivity index is 1.71. The van der Waals surface area contributed by atoms with Gasteiger partial charge in [-0.05, 0) is 48.7 Å². The summed E-state index contributed by atoms with van der Waals surface area (Å²) in [5, 5.41) is 0.400. The minimum absolute atomic E-state index is 0.0529. The predicted molar refractivity (Wildman–Crippen MR) is 108 cm³/mol. The molecule has 2 atom stereocenters. The monoisotopic (exact) mass is 457 g/mol. The van der Waals surface area contributed by atoms with E-state index in [0.29, 0.717) is 35.2 Å². The van der Waals surface area contributed by atoms with Crippen LogP contribution in [0.4, 0.5) is 4.39 Å². The molecule has 1 aromatic heterocycles. The zero-order chi connectivity index (χ0) is 20.1. The maximum absolute atomic E-state index is 13.5. The normalized spacial score (nSPS) is 21.2. The Morgan fingerprint density at radius 1 is 1.14 bits per heavy atom. The van der Waals surface area contributed by atoms with Gasteiger partial charge in [0.2, 0.25) is 5.76 Å². The van der Waals surface area contributed by atoms with E-state index in [-0.39, 0.29) is 29.0 Å². The number of fused-ring (bicyclic) bond motifs is 2. The molecule has 0 aliphatic carbocycles. The summed E-state index contributed by atoms with van der Waals surface area (Å²) in [4.78, 5) is 28.3. The van der Waals surface area contributed by atoms with E-state index in [0.717, 1.165) is 17.3 Å². The van der Waals surface area contributed by atoms with E-state index in [1.807, 2.05) is 0 Å². The van der Waals surface area contributed by atoms with Gasteiger partial charge in [-0.1, -0.05) is 28.1 Å². The van der Waals surface area contributed by atoms with Crippen molar-refractivity contribution >= 4 is 32.8 Å². The van der Waals surface area contributed by atoms with Crippen LogP contribution < -0.4 is 5.43 Å². The highest BCUT2D eigenvalue weighted by molar-refractivity contribution is 9.10. The van der Waals surface area contributed by atoms with Crippen molar-refractivity contribution < 1.29 is 18.3 Å². The quantitative estimate of drug-likeness (QED) is 0.583. The Morgan fingerprint density at radius 2 is 1.93 bits per heavy atom. The highest BCUT2D eigenvalue weighted by Gasteiger charge is 2.43. The number of hydrogen-bond donors (Lipinski definition) is 0. The molecule has 5 nitrogen and oxygen atoms in total. The van der Waals surface area contributed by atoms with Crippen molar-refractivity contribution in [2.45, 2.75) is 25.0 Å². The van der Waals surface area contributed by atoms with Gasteiger partial charge in [-0.15, -0.1) is 0 Å². The lowest BCUT2D eigenvalue weighted by Gasteiger charge is -2.27. The number of rotatable bonds is 3. The third kappa shape index (κ3) is 3.09. The lowest BCUT2D eigenvalue weighted by Crippen LogP contribution is -2.36. The number of ether oxygens (including phenoxy) is 1. The molecule has 0 unspecified atom stereocenters. The van der Waals surface area contributed by atoms with Crippen LogP contribution in [0.5, 0.6) is 0 Å². The smallest absolute Gasteiger partial charge is 0.291 e. The lowest BCUT2D eigenvalue weighted by molar-refractivity contribution is 0.0486. The molecule has 1 saturated heterocycles. The van der Waals surface area contributed by atoms with E-state index in [2.05, 4.69) is 15.9 Å². The number of carbonyl (C=O) groups is 1. The van der Waals surface area contributed by atoms with Crippen LogP contribution in [0.1, 0.15) is 40.6 Å². The summed E-state index contributed by atoms with van der Waals surface area (Å²) >= 11 is 3.38. The molecule has 1 fully saturated rings. The first kappa shape index (κ1) is 18.5. The van der Waals surface area contributed by atoms with E-state index in [1.165, 1.54) is 12.1 Å². The first-order valence-electron chi connectivity index (χ1n) is 9.47. The second-order valence-electron chi connectivity index (χ2n) is 7.36. The van der Waals surface area contributed by atoms with Crippen molar-refractivity contribution in [3.8, 4) is 0 Å². The molecule has 29 heavy (non-hydrogen) atoms. The minimum Gasteiger partial charge on any atom is -0.450 e. The molecule has 0 saturated carbocycles. The van der Waals surface area contributed by atoms with Crippen molar-refractivity contribution in [2.75, 3.05) is 13.2 Å². The molecule has 0 N–H and O–H groups in total. The van der Waals surface area contributed by atoms with Crippen molar-refractivity contribution in [2.24, 2.45) is 0 Å². The summed E-state index contributed by atoms with van der Waals surface area (Å²) in [5.74, 6) is -0.665. The van der Waals surface area contributed by atoms with Crippen molar-refractivity contribution in [1.29, 1.82) is 0 Å². The van der Waals surface area contributed by atoms with Crippen LogP contribution in [0, 0.1) is 5.82 Å². The first-order chi connectivity index (χ1) is 14.0. The summed E-state index contributed by atoms with van der Waals surface area (Å²) in [6.07, 6.45) is 1.71. The molecule has 5 rings (SSSR count). The second-order valence-corrected chi connectivity index (χ2v) is 8.28. The van der Waals surface area contributed by atoms with Gasteiger partial charge in [0.05, 0.1) is 23.1 Å². The Morgan fingerprint density at radius 3 is 2.66 bits per heavy atom. The Labute approximate surface area is 174 Å². The second kappa shape index (κ2) is 7.07. The number of carbonyl (C=O) groups excluding carboxylic acids is 1. The lowest BCUT2D eigenvalue weighted by atomic mass is 9.98. The van der Waals surface area contributed by atoms with E-state index >= 15 is 0 Å². The molecule has 1 amide bonds. The van der Waals surface area contributed by atoms with Gasteiger partial charge in [0.1, 0.15) is 11.4 Å². The SMILES string of the molecule is O=C1c2oc3ccc(Br)cc3c(=O)c2[C@@H](c2ccc(F)cc2)N1C[C@@H]1CCCO1. The number of halogens is 2. The largest absolute Gasteiger partial charge is 0.450 e. The first-order valence-corrected chi connectivity index (χ1v) is 10.3. The van der Waals surface area contributed by atoms with E-state index in [1.54, 1.807) is 35.2 Å². The minimum atomic E-state index is -0.637. The third-order valence-corrected chi connectivity index (χ3v) is 6.03. The molecule has 0 radical (unpaired) electrons. The van der Waals surface area contributed by atoms with E-state index < -0.39 is 6.04 Å². The fourth-order valence-electron chi connectivity index (χ4n) is 4.18. The maximum atomic E-state index is 13.5. The van der Waals surface area contributed by atoms with E-state index in [4.69, 9.17) is 9.15 Å². The Hall–Kier alpha value is -2.51. The zero-order valence-electron chi connectivity index (χ0n) is 15.4. The van der Waals surface area contributed by atoms with Gasteiger partial charge in [0.15, 0.2) is 5.43 Å². The van der Waals surface area contributed by atoms with Crippen LogP contribution in [0.3, 0.4) is 0 Å². The summed E-state index contributed by atoms with van der Waals surface area (Å²) < 4.78 is 25.9. The van der Waals surface area contributed by atoms with Crippen LogP contribution in [0.25, 0.3) is 11.0 Å². The fourth-order valence-corrected chi connectivity index (χ4v) is 4.54. The van der Waals surface area contributed by atoms with Crippen molar-refractivity contribution in [3.05, 3.63) is 79.9 Å². The van der Waals surface area contributed by atoms with Gasteiger partial charge < -0.3 is 14.1 Å². The molecule has 3 aromatic rings. The topological polar surface area (TPSA) is 59.8 Å². The molecule has 148 valence electrons. The van der Waals surface area contributed by atoms with Gasteiger partial charge in [0.25, 0.3) is 5.91 Å². The standard InChI is InChI=1S/C22H17BrFNO4/c23-13-5-8-17-16(10-13)20(26)18-19(12-3-6-14(24)7-4-12)25(22(27)21(18)29-17)11-15-2-1-9-28-15/h3-8,10,15,19H,1-2,9,11H2/t15-,19+/m0/s1. The molecule has 0 spiro atoms. The summed E-state index contributed by atoms with van der Waals surface area (Å²) in [5.41, 5.74) is 1.07. The highest BCUT2D eigenvalue weighted by Crippen LogP contribution is 2.39. The van der Waals surface area contributed by atoms with Crippen LogP contribution in [0.2, 0.25) is 0 Å². The number of nitrogens with zero attached hydrogens (tertiary/aromatic N) is 1. The number of benzene rings is 2. The molecule has 3 heterocycles. The van der Waals surface area contributed by atoms with E-state index in [9.17, 15) is 14.0 Å². The molecule has 2 aromatic carbocycles. The zero-order valence-corrected chi connectivity index (χ0v) is 16.9. The highest BCUT2D eigenvalue weighted by atomic mass is 79.9.